The van der Waals surface area contributed by atoms with Gasteiger partial charge in [0.25, 0.3) is 0 Å². The number of nitrogens with two attached hydrogens (primary N) is 1. The van der Waals surface area contributed by atoms with Crippen molar-refractivity contribution in [2.75, 3.05) is 36.8 Å². The molecule has 3 rings (SSSR count). The number of rotatable bonds is 3. The topological polar surface area (TPSA) is 58.3 Å². The average molecular weight is 310 g/mol. The van der Waals surface area contributed by atoms with Gasteiger partial charge in [0.1, 0.15) is 5.82 Å². The van der Waals surface area contributed by atoms with E-state index in [1.165, 1.54) is 4.88 Å². The van der Waals surface area contributed by atoms with Crippen LogP contribution in [0.15, 0.2) is 24.5 Å². The largest absolute Gasteiger partial charge is 0.375 e. The highest BCUT2D eigenvalue weighted by Gasteiger charge is 2.18. The molecule has 0 aromatic carbocycles. The van der Waals surface area contributed by atoms with E-state index in [-0.39, 0.29) is 0 Å². The molecule has 0 aliphatic carbocycles. The van der Waals surface area contributed by atoms with E-state index in [2.05, 4.69) is 19.8 Å². The van der Waals surface area contributed by atoms with Crippen molar-refractivity contribution in [3.63, 3.8) is 0 Å². The first kappa shape index (κ1) is 13.6. The minimum Gasteiger partial charge on any atom is -0.375 e. The molecule has 2 N–H and O–H groups in total. The van der Waals surface area contributed by atoms with E-state index in [4.69, 9.17) is 17.3 Å². The number of pyridine rings is 1. The zero-order valence-electron chi connectivity index (χ0n) is 11.0. The molecule has 7 heteroatoms. The van der Waals surface area contributed by atoms with Crippen LogP contribution in [0.4, 0.5) is 10.9 Å². The number of thiazole rings is 1. The van der Waals surface area contributed by atoms with Crippen LogP contribution < -0.4 is 10.6 Å². The Morgan fingerprint density at radius 2 is 1.95 bits per heavy atom. The second-order valence-corrected chi connectivity index (χ2v) is 6.35. The van der Waals surface area contributed by atoms with Gasteiger partial charge in [0, 0.05) is 50.0 Å². The van der Waals surface area contributed by atoms with Crippen molar-refractivity contribution < 1.29 is 0 Å². The molecule has 1 fully saturated rings. The Hall–Kier alpha value is -1.37. The molecule has 1 saturated heterocycles. The fourth-order valence-corrected chi connectivity index (χ4v) is 3.14. The molecular weight excluding hydrogens is 294 g/mol. The minimum atomic E-state index is 0.643. The van der Waals surface area contributed by atoms with Gasteiger partial charge in [0.2, 0.25) is 0 Å². The fraction of sp³-hybridized carbons (Fsp3) is 0.385. The monoisotopic (exact) mass is 309 g/mol. The Bertz CT molecular complexity index is 562. The predicted octanol–water partition coefficient (Wildman–Crippen LogP) is 2.10. The number of aromatic nitrogens is 2. The van der Waals surface area contributed by atoms with Gasteiger partial charge >= 0.3 is 0 Å². The first-order valence-electron chi connectivity index (χ1n) is 6.50. The molecule has 0 unspecified atom stereocenters. The maximum absolute atomic E-state index is 5.86. The van der Waals surface area contributed by atoms with Crippen LogP contribution in [0.3, 0.4) is 0 Å². The summed E-state index contributed by atoms with van der Waals surface area (Å²) in [7, 11) is 0. The first-order valence-corrected chi connectivity index (χ1v) is 7.69. The molecule has 106 valence electrons. The van der Waals surface area contributed by atoms with E-state index >= 15 is 0 Å². The maximum atomic E-state index is 5.86. The van der Waals surface area contributed by atoms with E-state index in [9.17, 15) is 0 Å². The lowest BCUT2D eigenvalue weighted by Crippen LogP contribution is -2.46. The molecule has 1 aliphatic rings. The first-order chi connectivity index (χ1) is 9.70. The van der Waals surface area contributed by atoms with E-state index < -0.39 is 0 Å². The Labute approximate surface area is 127 Å². The standard InChI is InChI=1S/C13H16ClN5S/c14-10-1-2-12(16-7-10)19-5-3-18(4-6-19)9-11-8-17-13(15)20-11/h1-2,7-8H,3-6,9H2,(H2,15,17). The lowest BCUT2D eigenvalue weighted by atomic mass is 10.3. The summed E-state index contributed by atoms with van der Waals surface area (Å²) in [4.78, 5) is 14.4. The molecule has 5 nitrogen and oxygen atoms in total. The molecule has 0 bridgehead atoms. The van der Waals surface area contributed by atoms with Crippen LogP contribution in [0.25, 0.3) is 0 Å². The van der Waals surface area contributed by atoms with E-state index in [0.717, 1.165) is 38.5 Å². The Balaban J connectivity index is 1.55. The molecule has 1 aliphatic heterocycles. The van der Waals surface area contributed by atoms with Crippen LogP contribution >= 0.6 is 22.9 Å². The van der Waals surface area contributed by atoms with Crippen molar-refractivity contribution in [2.24, 2.45) is 0 Å². The summed E-state index contributed by atoms with van der Waals surface area (Å²) in [6.45, 7) is 4.91. The highest BCUT2D eigenvalue weighted by atomic mass is 35.5. The Kier molecular flexibility index (Phi) is 4.05. The van der Waals surface area contributed by atoms with Crippen molar-refractivity contribution in [3.8, 4) is 0 Å². The van der Waals surface area contributed by atoms with Crippen LogP contribution in [0, 0.1) is 0 Å². The van der Waals surface area contributed by atoms with Crippen LogP contribution in [0.1, 0.15) is 4.88 Å². The average Bonchev–Trinajstić information content (AvgIpc) is 2.86. The van der Waals surface area contributed by atoms with Gasteiger partial charge in [-0.15, -0.1) is 11.3 Å². The van der Waals surface area contributed by atoms with Gasteiger partial charge in [0.05, 0.1) is 5.02 Å². The molecular formula is C13H16ClN5S. The summed E-state index contributed by atoms with van der Waals surface area (Å²) in [5.74, 6) is 0.996. The van der Waals surface area contributed by atoms with Gasteiger partial charge in [-0.3, -0.25) is 4.90 Å². The summed E-state index contributed by atoms with van der Waals surface area (Å²) in [6.07, 6.45) is 3.57. The molecule has 20 heavy (non-hydrogen) atoms. The van der Waals surface area contributed by atoms with E-state index in [1.807, 2.05) is 18.3 Å². The second kappa shape index (κ2) is 5.95. The van der Waals surface area contributed by atoms with Crippen LogP contribution in [-0.4, -0.2) is 41.0 Å². The maximum Gasteiger partial charge on any atom is 0.180 e. The van der Waals surface area contributed by atoms with E-state index in [0.29, 0.717) is 10.2 Å². The van der Waals surface area contributed by atoms with Gasteiger partial charge in [-0.2, -0.15) is 0 Å². The van der Waals surface area contributed by atoms with Crippen LogP contribution in [-0.2, 0) is 6.54 Å². The molecule has 2 aromatic rings. The van der Waals surface area contributed by atoms with Crippen molar-refractivity contribution in [2.45, 2.75) is 6.54 Å². The van der Waals surface area contributed by atoms with Crippen molar-refractivity contribution in [1.82, 2.24) is 14.9 Å². The summed E-state index contributed by atoms with van der Waals surface area (Å²) in [6, 6.07) is 3.86. The molecule has 0 amide bonds. The number of halogens is 1. The number of hydrogen-bond donors (Lipinski definition) is 1. The second-order valence-electron chi connectivity index (χ2n) is 4.76. The third kappa shape index (κ3) is 3.20. The SMILES string of the molecule is Nc1ncc(CN2CCN(c3ccc(Cl)cn3)CC2)s1. The molecule has 3 heterocycles. The highest BCUT2D eigenvalue weighted by Crippen LogP contribution is 2.19. The fourth-order valence-electron chi connectivity index (χ4n) is 2.31. The summed E-state index contributed by atoms with van der Waals surface area (Å²) in [5.41, 5.74) is 5.66. The molecule has 0 spiro atoms. The smallest absolute Gasteiger partial charge is 0.180 e. The number of anilines is 2. The Morgan fingerprint density at radius 3 is 2.55 bits per heavy atom. The van der Waals surface area contributed by atoms with Crippen molar-refractivity contribution in [1.29, 1.82) is 0 Å². The summed E-state index contributed by atoms with van der Waals surface area (Å²) < 4.78 is 0. The Morgan fingerprint density at radius 1 is 1.15 bits per heavy atom. The third-order valence-corrected chi connectivity index (χ3v) is 4.39. The minimum absolute atomic E-state index is 0.643. The lowest BCUT2D eigenvalue weighted by Gasteiger charge is -2.35. The molecule has 0 atom stereocenters. The molecule has 0 saturated carbocycles. The van der Waals surface area contributed by atoms with Crippen LogP contribution in [0.5, 0.6) is 0 Å². The number of piperazine rings is 1. The quantitative estimate of drug-likeness (QED) is 0.941. The normalized spacial score (nSPS) is 16.6. The number of nitrogens with zero attached hydrogens (tertiary/aromatic N) is 4. The van der Waals surface area contributed by atoms with Crippen LogP contribution in [0.2, 0.25) is 5.02 Å². The van der Waals surface area contributed by atoms with Gasteiger partial charge in [-0.1, -0.05) is 11.6 Å². The number of nitrogen functional groups attached to an aromatic ring is 1. The number of hydrogen-bond acceptors (Lipinski definition) is 6. The molecule has 2 aromatic heterocycles. The van der Waals surface area contributed by atoms with Gasteiger partial charge in [-0.25, -0.2) is 9.97 Å². The lowest BCUT2D eigenvalue weighted by molar-refractivity contribution is 0.251. The van der Waals surface area contributed by atoms with Gasteiger partial charge < -0.3 is 10.6 Å². The third-order valence-electron chi connectivity index (χ3n) is 3.36. The zero-order chi connectivity index (χ0) is 13.9. The summed E-state index contributed by atoms with van der Waals surface area (Å²) in [5, 5.41) is 1.32. The van der Waals surface area contributed by atoms with Crippen molar-refractivity contribution in [3.05, 3.63) is 34.4 Å². The predicted molar refractivity (Wildman–Crippen MR) is 83.3 cm³/mol. The van der Waals surface area contributed by atoms with E-state index in [1.54, 1.807) is 17.5 Å². The van der Waals surface area contributed by atoms with Gasteiger partial charge in [0.15, 0.2) is 5.13 Å². The van der Waals surface area contributed by atoms with Crippen molar-refractivity contribution >= 4 is 33.9 Å². The van der Waals surface area contributed by atoms with Gasteiger partial charge in [-0.05, 0) is 12.1 Å². The molecule has 0 radical (unpaired) electrons. The summed E-state index contributed by atoms with van der Waals surface area (Å²) >= 11 is 7.43. The highest BCUT2D eigenvalue weighted by molar-refractivity contribution is 7.15. The zero-order valence-corrected chi connectivity index (χ0v) is 12.6.